The molecule has 1 saturated heterocycles. The molecule has 1 aromatic rings. The first-order valence-electron chi connectivity index (χ1n) is 7.63. The molecule has 19 heavy (non-hydrogen) atoms. The molecule has 2 heterocycles. The fraction of sp³-hybridized carbons (Fsp3) is 0.688. The number of nitrogens with zero attached hydrogens (tertiary/aromatic N) is 1. The van der Waals surface area contributed by atoms with Crippen LogP contribution in [0.15, 0.2) is 24.4 Å². The first-order chi connectivity index (χ1) is 9.38. The maximum absolute atomic E-state index is 5.87. The molecule has 0 radical (unpaired) electrons. The lowest BCUT2D eigenvalue weighted by atomic mass is 9.98. The van der Waals surface area contributed by atoms with Crippen LogP contribution in [0, 0.1) is 0 Å². The molecule has 106 valence electrons. The molecule has 0 spiro atoms. The molecule has 2 unspecified atom stereocenters. The number of rotatable bonds is 7. The minimum absolute atomic E-state index is 0.437. The molecule has 2 atom stereocenters. The van der Waals surface area contributed by atoms with Gasteiger partial charge in [0, 0.05) is 31.0 Å². The zero-order valence-electron chi connectivity index (χ0n) is 12.0. The molecule has 0 amide bonds. The van der Waals surface area contributed by atoms with Crippen molar-refractivity contribution in [3.05, 3.63) is 30.1 Å². The van der Waals surface area contributed by atoms with E-state index in [0.717, 1.165) is 26.0 Å². The Morgan fingerprint density at radius 3 is 3.05 bits per heavy atom. The highest BCUT2D eigenvalue weighted by atomic mass is 16.5. The van der Waals surface area contributed by atoms with Crippen LogP contribution in [0.1, 0.15) is 44.7 Å². The van der Waals surface area contributed by atoms with Crippen molar-refractivity contribution in [3.8, 4) is 0 Å². The van der Waals surface area contributed by atoms with Crippen molar-refractivity contribution >= 4 is 0 Å². The lowest BCUT2D eigenvalue weighted by Crippen LogP contribution is -2.37. The van der Waals surface area contributed by atoms with Crippen molar-refractivity contribution in [2.45, 2.75) is 57.6 Å². The van der Waals surface area contributed by atoms with Gasteiger partial charge in [-0.25, -0.2) is 0 Å². The molecule has 3 heteroatoms. The highest BCUT2D eigenvalue weighted by Gasteiger charge is 2.19. The minimum Gasteiger partial charge on any atom is -0.378 e. The second-order valence-electron chi connectivity index (χ2n) is 5.40. The summed E-state index contributed by atoms with van der Waals surface area (Å²) in [6.45, 7) is 4.22. The first kappa shape index (κ1) is 14.5. The predicted molar refractivity (Wildman–Crippen MR) is 78.2 cm³/mol. The van der Waals surface area contributed by atoms with Crippen molar-refractivity contribution in [1.82, 2.24) is 10.3 Å². The Morgan fingerprint density at radius 2 is 2.37 bits per heavy atom. The van der Waals surface area contributed by atoms with Gasteiger partial charge in [-0.05, 0) is 50.8 Å². The standard InChI is InChI=1S/C16H26N2O/c1-2-9-17-15(12-14-7-3-5-10-18-14)13-16-8-4-6-11-19-16/h3,5,7,10,15-17H,2,4,6,8-9,11-13H2,1H3. The second-order valence-corrected chi connectivity index (χ2v) is 5.40. The van der Waals surface area contributed by atoms with Gasteiger partial charge in [0.2, 0.25) is 0 Å². The molecule has 0 aliphatic carbocycles. The molecule has 2 rings (SSSR count). The summed E-state index contributed by atoms with van der Waals surface area (Å²) >= 11 is 0. The molecular weight excluding hydrogens is 236 g/mol. The second kappa shape index (κ2) is 8.28. The largest absolute Gasteiger partial charge is 0.378 e. The summed E-state index contributed by atoms with van der Waals surface area (Å²) in [6, 6.07) is 6.64. The van der Waals surface area contributed by atoms with Crippen LogP contribution in [0.4, 0.5) is 0 Å². The molecule has 1 aliphatic rings. The van der Waals surface area contributed by atoms with E-state index in [1.165, 1.54) is 31.4 Å². The fourth-order valence-electron chi connectivity index (χ4n) is 2.67. The average molecular weight is 262 g/mol. The van der Waals surface area contributed by atoms with E-state index in [1.807, 2.05) is 12.3 Å². The predicted octanol–water partition coefficient (Wildman–Crippen LogP) is 2.95. The topological polar surface area (TPSA) is 34.2 Å². The van der Waals surface area contributed by atoms with Crippen LogP contribution in [-0.2, 0) is 11.2 Å². The van der Waals surface area contributed by atoms with E-state index in [-0.39, 0.29) is 0 Å². The Labute approximate surface area is 116 Å². The summed E-state index contributed by atoms with van der Waals surface area (Å²) in [7, 11) is 0. The summed E-state index contributed by atoms with van der Waals surface area (Å²) in [6.07, 6.45) is 9.35. The normalized spacial score (nSPS) is 21.2. The maximum Gasteiger partial charge on any atom is 0.0590 e. The van der Waals surface area contributed by atoms with Gasteiger partial charge in [0.1, 0.15) is 0 Å². The van der Waals surface area contributed by atoms with Gasteiger partial charge < -0.3 is 10.1 Å². The van der Waals surface area contributed by atoms with Gasteiger partial charge in [-0.15, -0.1) is 0 Å². The Balaban J connectivity index is 1.87. The third kappa shape index (κ3) is 5.29. The van der Waals surface area contributed by atoms with Gasteiger partial charge >= 0.3 is 0 Å². The third-order valence-corrected chi connectivity index (χ3v) is 3.69. The highest BCUT2D eigenvalue weighted by molar-refractivity contribution is 5.05. The summed E-state index contributed by atoms with van der Waals surface area (Å²) in [5.41, 5.74) is 1.17. The van der Waals surface area contributed by atoms with Crippen LogP contribution in [0.5, 0.6) is 0 Å². The van der Waals surface area contributed by atoms with Gasteiger partial charge in [-0.1, -0.05) is 13.0 Å². The Morgan fingerprint density at radius 1 is 1.42 bits per heavy atom. The lowest BCUT2D eigenvalue weighted by molar-refractivity contribution is 0.00521. The molecule has 0 saturated carbocycles. The summed E-state index contributed by atoms with van der Waals surface area (Å²) in [4.78, 5) is 4.44. The van der Waals surface area contributed by atoms with E-state index in [1.54, 1.807) is 0 Å². The van der Waals surface area contributed by atoms with Gasteiger partial charge in [-0.3, -0.25) is 4.98 Å². The van der Waals surface area contributed by atoms with Gasteiger partial charge in [-0.2, -0.15) is 0 Å². The third-order valence-electron chi connectivity index (χ3n) is 3.69. The van der Waals surface area contributed by atoms with Crippen molar-refractivity contribution in [1.29, 1.82) is 0 Å². The van der Waals surface area contributed by atoms with E-state index >= 15 is 0 Å². The fourth-order valence-corrected chi connectivity index (χ4v) is 2.67. The van der Waals surface area contributed by atoms with E-state index in [9.17, 15) is 0 Å². The summed E-state index contributed by atoms with van der Waals surface area (Å²) in [5.74, 6) is 0. The Bertz CT molecular complexity index is 336. The number of hydrogen-bond donors (Lipinski definition) is 1. The molecule has 1 aromatic heterocycles. The number of ether oxygens (including phenoxy) is 1. The van der Waals surface area contributed by atoms with Gasteiger partial charge in [0.25, 0.3) is 0 Å². The zero-order valence-corrected chi connectivity index (χ0v) is 12.0. The van der Waals surface area contributed by atoms with E-state index in [0.29, 0.717) is 12.1 Å². The number of aromatic nitrogens is 1. The molecule has 0 bridgehead atoms. The molecule has 1 fully saturated rings. The van der Waals surface area contributed by atoms with Gasteiger partial charge in [0.15, 0.2) is 0 Å². The molecule has 0 aromatic carbocycles. The molecule has 1 N–H and O–H groups in total. The molecule has 3 nitrogen and oxygen atoms in total. The number of nitrogens with one attached hydrogen (secondary N) is 1. The molecular formula is C16H26N2O. The van der Waals surface area contributed by atoms with Crippen molar-refractivity contribution in [2.75, 3.05) is 13.2 Å². The van der Waals surface area contributed by atoms with Crippen LogP contribution >= 0.6 is 0 Å². The summed E-state index contributed by atoms with van der Waals surface area (Å²) < 4.78 is 5.87. The van der Waals surface area contributed by atoms with Gasteiger partial charge in [0.05, 0.1) is 6.10 Å². The highest BCUT2D eigenvalue weighted by Crippen LogP contribution is 2.18. The van der Waals surface area contributed by atoms with Crippen molar-refractivity contribution in [3.63, 3.8) is 0 Å². The lowest BCUT2D eigenvalue weighted by Gasteiger charge is -2.27. The number of pyridine rings is 1. The van der Waals surface area contributed by atoms with Crippen molar-refractivity contribution < 1.29 is 4.74 Å². The van der Waals surface area contributed by atoms with E-state index < -0.39 is 0 Å². The zero-order chi connectivity index (χ0) is 13.3. The maximum atomic E-state index is 5.87. The smallest absolute Gasteiger partial charge is 0.0590 e. The first-order valence-corrected chi connectivity index (χ1v) is 7.63. The van der Waals surface area contributed by atoms with Crippen LogP contribution in [0.25, 0.3) is 0 Å². The summed E-state index contributed by atoms with van der Waals surface area (Å²) in [5, 5.41) is 3.65. The van der Waals surface area contributed by atoms with Crippen LogP contribution < -0.4 is 5.32 Å². The van der Waals surface area contributed by atoms with E-state index in [4.69, 9.17) is 4.74 Å². The van der Waals surface area contributed by atoms with E-state index in [2.05, 4.69) is 29.4 Å². The van der Waals surface area contributed by atoms with Crippen LogP contribution in [0.3, 0.4) is 0 Å². The van der Waals surface area contributed by atoms with Crippen LogP contribution in [-0.4, -0.2) is 30.3 Å². The monoisotopic (exact) mass is 262 g/mol. The van der Waals surface area contributed by atoms with Crippen LogP contribution in [0.2, 0.25) is 0 Å². The Hall–Kier alpha value is -0.930. The molecule has 1 aliphatic heterocycles. The van der Waals surface area contributed by atoms with Crippen molar-refractivity contribution in [2.24, 2.45) is 0 Å². The quantitative estimate of drug-likeness (QED) is 0.820. The SMILES string of the molecule is CCCNC(Cc1ccccn1)CC1CCCCO1. The number of hydrogen-bond acceptors (Lipinski definition) is 3. The minimum atomic E-state index is 0.437. The Kier molecular flexibility index (Phi) is 6.31. The average Bonchev–Trinajstić information content (AvgIpc) is 2.47.